The van der Waals surface area contributed by atoms with Crippen LogP contribution in [0.4, 0.5) is 5.82 Å². The maximum atomic E-state index is 4.34. The molecule has 0 N–H and O–H groups in total. The molecule has 2 rings (SSSR count). The van der Waals surface area contributed by atoms with E-state index in [0.717, 1.165) is 17.7 Å². The molecule has 0 saturated carbocycles. The van der Waals surface area contributed by atoms with Gasteiger partial charge in [-0.25, -0.2) is 4.98 Å². The van der Waals surface area contributed by atoms with Crippen molar-refractivity contribution in [2.24, 2.45) is 0 Å². The van der Waals surface area contributed by atoms with E-state index in [1.54, 1.807) is 12.4 Å². The molecule has 1 aliphatic rings. The van der Waals surface area contributed by atoms with Crippen LogP contribution in [0.3, 0.4) is 0 Å². The van der Waals surface area contributed by atoms with E-state index in [0.29, 0.717) is 6.04 Å². The van der Waals surface area contributed by atoms with E-state index in [-0.39, 0.29) is 0 Å². The number of hydrogen-bond acceptors (Lipinski definition) is 3. The Bertz CT molecular complexity index is 278. The fourth-order valence-electron chi connectivity index (χ4n) is 2.00. The number of aromatic nitrogens is 2. The Morgan fingerprint density at radius 2 is 2.43 bits per heavy atom. The van der Waals surface area contributed by atoms with Crippen molar-refractivity contribution in [1.29, 1.82) is 0 Å². The lowest BCUT2D eigenvalue weighted by atomic mass is 10.2. The number of rotatable bonds is 3. The van der Waals surface area contributed by atoms with Gasteiger partial charge < -0.3 is 4.90 Å². The lowest BCUT2D eigenvalue weighted by Crippen LogP contribution is -2.30. The largest absolute Gasteiger partial charge is 0.352 e. The SMILES string of the molecule is BrCCC1CCCN1c1cnccn1. The Morgan fingerprint density at radius 3 is 3.14 bits per heavy atom. The molecule has 1 atom stereocenters. The topological polar surface area (TPSA) is 29.0 Å². The van der Waals surface area contributed by atoms with E-state index in [1.165, 1.54) is 19.3 Å². The van der Waals surface area contributed by atoms with E-state index < -0.39 is 0 Å². The normalized spacial score (nSPS) is 21.5. The maximum Gasteiger partial charge on any atom is 0.147 e. The molecule has 0 spiro atoms. The van der Waals surface area contributed by atoms with E-state index in [9.17, 15) is 0 Å². The van der Waals surface area contributed by atoms with Crippen molar-refractivity contribution < 1.29 is 0 Å². The van der Waals surface area contributed by atoms with Crippen LogP contribution in [-0.2, 0) is 0 Å². The highest BCUT2D eigenvalue weighted by Crippen LogP contribution is 2.25. The van der Waals surface area contributed by atoms with Crippen LogP contribution in [0.2, 0.25) is 0 Å². The van der Waals surface area contributed by atoms with Crippen LogP contribution in [0.25, 0.3) is 0 Å². The van der Waals surface area contributed by atoms with Gasteiger partial charge in [0.2, 0.25) is 0 Å². The average Bonchev–Trinajstić information content (AvgIpc) is 2.68. The number of hydrogen-bond donors (Lipinski definition) is 0. The van der Waals surface area contributed by atoms with Crippen LogP contribution in [0.1, 0.15) is 19.3 Å². The van der Waals surface area contributed by atoms with Crippen LogP contribution in [0.15, 0.2) is 18.6 Å². The van der Waals surface area contributed by atoms with Crippen molar-refractivity contribution in [3.63, 3.8) is 0 Å². The zero-order valence-corrected chi connectivity index (χ0v) is 9.65. The van der Waals surface area contributed by atoms with Crippen molar-refractivity contribution >= 4 is 21.7 Å². The summed E-state index contributed by atoms with van der Waals surface area (Å²) < 4.78 is 0. The average molecular weight is 256 g/mol. The van der Waals surface area contributed by atoms with Crippen LogP contribution in [0.5, 0.6) is 0 Å². The summed E-state index contributed by atoms with van der Waals surface area (Å²) in [6.07, 6.45) is 9.08. The zero-order chi connectivity index (χ0) is 9.80. The van der Waals surface area contributed by atoms with Gasteiger partial charge in [-0.2, -0.15) is 0 Å². The predicted octanol–water partition coefficient (Wildman–Crippen LogP) is 2.23. The van der Waals surface area contributed by atoms with Crippen molar-refractivity contribution in [3.8, 4) is 0 Å². The van der Waals surface area contributed by atoms with Crippen LogP contribution in [-0.4, -0.2) is 27.9 Å². The minimum absolute atomic E-state index is 0.645. The summed E-state index contributed by atoms with van der Waals surface area (Å²) in [5.74, 6) is 1.02. The fraction of sp³-hybridized carbons (Fsp3) is 0.600. The third-order valence-corrected chi connectivity index (χ3v) is 3.12. The second-order valence-electron chi connectivity index (χ2n) is 3.53. The molecule has 2 heterocycles. The quantitative estimate of drug-likeness (QED) is 0.776. The summed E-state index contributed by atoms with van der Waals surface area (Å²) in [6, 6.07) is 0.645. The smallest absolute Gasteiger partial charge is 0.147 e. The van der Waals surface area contributed by atoms with E-state index >= 15 is 0 Å². The molecular formula is C10H14BrN3. The molecule has 1 aromatic rings. The van der Waals surface area contributed by atoms with E-state index in [2.05, 4.69) is 30.8 Å². The Labute approximate surface area is 92.7 Å². The summed E-state index contributed by atoms with van der Waals surface area (Å²) in [5, 5.41) is 1.06. The highest BCUT2D eigenvalue weighted by atomic mass is 79.9. The number of anilines is 1. The number of halogens is 1. The molecular weight excluding hydrogens is 242 g/mol. The second-order valence-corrected chi connectivity index (χ2v) is 4.32. The van der Waals surface area contributed by atoms with Crippen LogP contribution >= 0.6 is 15.9 Å². The molecule has 0 aromatic carbocycles. The van der Waals surface area contributed by atoms with Gasteiger partial charge >= 0.3 is 0 Å². The van der Waals surface area contributed by atoms with E-state index in [4.69, 9.17) is 0 Å². The van der Waals surface area contributed by atoms with Gasteiger partial charge in [-0.05, 0) is 19.3 Å². The first-order chi connectivity index (χ1) is 6.92. The summed E-state index contributed by atoms with van der Waals surface area (Å²) in [6.45, 7) is 1.12. The lowest BCUT2D eigenvalue weighted by molar-refractivity contribution is 0.646. The monoisotopic (exact) mass is 255 g/mol. The van der Waals surface area contributed by atoms with Crippen molar-refractivity contribution in [3.05, 3.63) is 18.6 Å². The highest BCUT2D eigenvalue weighted by Gasteiger charge is 2.24. The first kappa shape index (κ1) is 9.90. The molecule has 0 aliphatic carbocycles. The number of alkyl halides is 1. The maximum absolute atomic E-state index is 4.34. The molecule has 14 heavy (non-hydrogen) atoms. The first-order valence-corrected chi connectivity index (χ1v) is 6.12. The highest BCUT2D eigenvalue weighted by molar-refractivity contribution is 9.09. The van der Waals surface area contributed by atoms with Gasteiger partial charge in [0.1, 0.15) is 5.82 Å². The Kier molecular flexibility index (Phi) is 3.35. The molecule has 1 saturated heterocycles. The van der Waals surface area contributed by atoms with Crippen molar-refractivity contribution in [1.82, 2.24) is 9.97 Å². The lowest BCUT2D eigenvalue weighted by Gasteiger charge is -2.24. The molecule has 0 bridgehead atoms. The molecule has 1 fully saturated rings. The molecule has 1 aromatic heterocycles. The van der Waals surface area contributed by atoms with Gasteiger partial charge in [0.15, 0.2) is 0 Å². The zero-order valence-electron chi connectivity index (χ0n) is 8.06. The molecule has 1 unspecified atom stereocenters. The summed E-state index contributed by atoms with van der Waals surface area (Å²) >= 11 is 3.50. The Hall–Kier alpha value is -0.640. The molecule has 3 nitrogen and oxygen atoms in total. The third-order valence-electron chi connectivity index (χ3n) is 2.66. The van der Waals surface area contributed by atoms with Crippen molar-refractivity contribution in [2.75, 3.05) is 16.8 Å². The van der Waals surface area contributed by atoms with Gasteiger partial charge in [-0.1, -0.05) is 15.9 Å². The first-order valence-electron chi connectivity index (χ1n) is 5.00. The van der Waals surface area contributed by atoms with Gasteiger partial charge in [-0.3, -0.25) is 4.98 Å². The van der Waals surface area contributed by atoms with Crippen molar-refractivity contribution in [2.45, 2.75) is 25.3 Å². The predicted molar refractivity (Wildman–Crippen MR) is 60.8 cm³/mol. The van der Waals surface area contributed by atoms with Crippen LogP contribution in [0, 0.1) is 0 Å². The van der Waals surface area contributed by atoms with Crippen LogP contribution < -0.4 is 4.90 Å². The summed E-state index contributed by atoms with van der Waals surface area (Å²) in [4.78, 5) is 10.8. The molecule has 1 aliphatic heterocycles. The molecule has 76 valence electrons. The standard InChI is InChI=1S/C10H14BrN3/c11-4-3-9-2-1-7-14(9)10-8-12-5-6-13-10/h5-6,8-9H,1-4,7H2. The van der Waals surface area contributed by atoms with Gasteiger partial charge in [0, 0.05) is 30.3 Å². The van der Waals surface area contributed by atoms with Gasteiger partial charge in [0.05, 0.1) is 6.20 Å². The Morgan fingerprint density at radius 1 is 1.50 bits per heavy atom. The third kappa shape index (κ3) is 2.05. The second kappa shape index (κ2) is 4.73. The van der Waals surface area contributed by atoms with E-state index in [1.807, 2.05) is 6.20 Å². The minimum atomic E-state index is 0.645. The summed E-state index contributed by atoms with van der Waals surface area (Å²) in [5.41, 5.74) is 0. The molecule has 0 amide bonds. The van der Waals surface area contributed by atoms with Gasteiger partial charge in [-0.15, -0.1) is 0 Å². The van der Waals surface area contributed by atoms with Gasteiger partial charge in [0.25, 0.3) is 0 Å². The molecule has 0 radical (unpaired) electrons. The number of nitrogens with zero attached hydrogens (tertiary/aromatic N) is 3. The molecule has 4 heteroatoms. The fourth-order valence-corrected chi connectivity index (χ4v) is 2.53. The summed E-state index contributed by atoms with van der Waals surface area (Å²) in [7, 11) is 0. The minimum Gasteiger partial charge on any atom is -0.352 e. The Balaban J connectivity index is 2.10.